The van der Waals surface area contributed by atoms with E-state index in [1.807, 2.05) is 5.32 Å². The highest BCUT2D eigenvalue weighted by molar-refractivity contribution is 5.90. The molecule has 27 heavy (non-hydrogen) atoms. The van der Waals surface area contributed by atoms with Gasteiger partial charge in [0.2, 0.25) is 0 Å². The molecule has 0 aliphatic heterocycles. The lowest BCUT2D eigenvalue weighted by atomic mass is 10.1. The Balaban J connectivity index is 2.06. The van der Waals surface area contributed by atoms with E-state index < -0.39 is 47.8 Å². The van der Waals surface area contributed by atoms with Gasteiger partial charge < -0.3 is 15.4 Å². The molecule has 0 radical (unpaired) electrons. The number of hydrogen-bond donors (Lipinski definition) is 2. The minimum atomic E-state index is -4.99. The SMILES string of the molecule is O=C(NCc1cc(C(F)(F)F)ccc1F)Nc1ccccc1OC(F)(F)F. The van der Waals surface area contributed by atoms with Crippen molar-refractivity contribution in [3.8, 4) is 5.75 Å². The number of benzene rings is 2. The highest BCUT2D eigenvalue weighted by Gasteiger charge is 2.32. The van der Waals surface area contributed by atoms with Crippen molar-refractivity contribution in [1.82, 2.24) is 5.32 Å². The highest BCUT2D eigenvalue weighted by Crippen LogP contribution is 2.31. The lowest BCUT2D eigenvalue weighted by Gasteiger charge is -2.14. The zero-order valence-electron chi connectivity index (χ0n) is 13.2. The molecule has 11 heteroatoms. The fourth-order valence-corrected chi connectivity index (χ4v) is 2.01. The number of halogens is 7. The van der Waals surface area contributed by atoms with E-state index >= 15 is 0 Å². The minimum absolute atomic E-state index is 0.336. The van der Waals surface area contributed by atoms with Crippen molar-refractivity contribution >= 4 is 11.7 Å². The summed E-state index contributed by atoms with van der Waals surface area (Å²) in [4.78, 5) is 11.8. The van der Waals surface area contributed by atoms with Crippen LogP contribution >= 0.6 is 0 Å². The van der Waals surface area contributed by atoms with E-state index in [0.717, 1.165) is 12.1 Å². The second-order valence-electron chi connectivity index (χ2n) is 5.16. The van der Waals surface area contributed by atoms with Gasteiger partial charge in [-0.3, -0.25) is 0 Å². The number of amides is 2. The van der Waals surface area contributed by atoms with Crippen LogP contribution in [-0.4, -0.2) is 12.4 Å². The van der Waals surface area contributed by atoms with E-state index in [4.69, 9.17) is 0 Å². The van der Waals surface area contributed by atoms with Gasteiger partial charge in [-0.25, -0.2) is 9.18 Å². The van der Waals surface area contributed by atoms with E-state index in [9.17, 15) is 35.5 Å². The highest BCUT2D eigenvalue weighted by atomic mass is 19.4. The number of ether oxygens (including phenoxy) is 1. The summed E-state index contributed by atoms with van der Waals surface area (Å²) in [6, 6.07) is 5.24. The van der Waals surface area contributed by atoms with E-state index in [1.54, 1.807) is 0 Å². The molecule has 2 N–H and O–H groups in total. The average Bonchev–Trinajstić information content (AvgIpc) is 2.53. The van der Waals surface area contributed by atoms with Gasteiger partial charge in [0.1, 0.15) is 5.82 Å². The van der Waals surface area contributed by atoms with Crippen LogP contribution in [0.25, 0.3) is 0 Å². The Morgan fingerprint density at radius 2 is 1.67 bits per heavy atom. The van der Waals surface area contributed by atoms with Gasteiger partial charge in [-0.05, 0) is 30.3 Å². The third-order valence-corrected chi connectivity index (χ3v) is 3.17. The van der Waals surface area contributed by atoms with Gasteiger partial charge >= 0.3 is 18.6 Å². The van der Waals surface area contributed by atoms with Gasteiger partial charge in [0.05, 0.1) is 11.3 Å². The number of anilines is 1. The largest absolute Gasteiger partial charge is 0.573 e. The summed E-state index contributed by atoms with van der Waals surface area (Å²) in [7, 11) is 0. The molecular formula is C16H11F7N2O2. The van der Waals surface area contributed by atoms with Crippen LogP contribution in [0.4, 0.5) is 41.2 Å². The predicted octanol–water partition coefficient (Wildman–Crippen LogP) is 5.06. The fraction of sp³-hybridized carbons (Fsp3) is 0.188. The molecule has 2 amide bonds. The molecule has 0 saturated carbocycles. The summed E-state index contributed by atoms with van der Waals surface area (Å²) in [6.07, 6.45) is -9.69. The molecule has 0 fully saturated rings. The molecule has 0 aromatic heterocycles. The van der Waals surface area contributed by atoms with Crippen LogP contribution in [0, 0.1) is 5.82 Å². The Bertz CT molecular complexity index is 819. The quantitative estimate of drug-likeness (QED) is 0.710. The first-order chi connectivity index (χ1) is 12.5. The number of urea groups is 1. The number of carbonyl (C=O) groups is 1. The molecule has 0 aliphatic rings. The van der Waals surface area contributed by atoms with E-state index in [1.165, 1.54) is 12.1 Å². The molecule has 146 valence electrons. The molecule has 0 aliphatic carbocycles. The number of para-hydroxylation sites is 2. The average molecular weight is 396 g/mol. The number of rotatable bonds is 4. The number of alkyl halides is 6. The standard InChI is InChI=1S/C16H11F7N2O2/c17-11-6-5-10(15(18,19)20)7-9(11)8-24-14(26)25-12-3-1-2-4-13(12)27-16(21,22)23/h1-7H,8H2,(H2,24,25,26). The normalized spacial score (nSPS) is 11.8. The molecule has 2 aromatic rings. The number of carbonyl (C=O) groups excluding carboxylic acids is 1. The minimum Gasteiger partial charge on any atom is -0.404 e. The first-order valence-electron chi connectivity index (χ1n) is 7.21. The van der Waals surface area contributed by atoms with Gasteiger partial charge in [0.25, 0.3) is 0 Å². The fourth-order valence-electron chi connectivity index (χ4n) is 2.01. The van der Waals surface area contributed by atoms with Crippen molar-refractivity contribution in [2.75, 3.05) is 5.32 Å². The van der Waals surface area contributed by atoms with Crippen molar-refractivity contribution in [2.24, 2.45) is 0 Å². The molecule has 0 bridgehead atoms. The Morgan fingerprint density at radius 1 is 1.00 bits per heavy atom. The lowest BCUT2D eigenvalue weighted by Crippen LogP contribution is -2.29. The zero-order valence-corrected chi connectivity index (χ0v) is 13.2. The maximum atomic E-state index is 13.6. The molecule has 0 spiro atoms. The Morgan fingerprint density at radius 3 is 2.30 bits per heavy atom. The molecule has 0 saturated heterocycles. The first-order valence-corrected chi connectivity index (χ1v) is 7.21. The van der Waals surface area contributed by atoms with Crippen LogP contribution in [0.2, 0.25) is 0 Å². The summed E-state index contributed by atoms with van der Waals surface area (Å²) in [5.41, 5.74) is -1.89. The van der Waals surface area contributed by atoms with Gasteiger partial charge in [-0.1, -0.05) is 12.1 Å². The summed E-state index contributed by atoms with van der Waals surface area (Å²) in [6.45, 7) is -0.621. The van der Waals surface area contributed by atoms with Crippen molar-refractivity contribution in [3.63, 3.8) is 0 Å². The maximum Gasteiger partial charge on any atom is 0.573 e. The lowest BCUT2D eigenvalue weighted by molar-refractivity contribution is -0.274. The smallest absolute Gasteiger partial charge is 0.404 e. The summed E-state index contributed by atoms with van der Waals surface area (Å²) in [5, 5.41) is 4.11. The van der Waals surface area contributed by atoms with Crippen LogP contribution in [0.3, 0.4) is 0 Å². The van der Waals surface area contributed by atoms with Gasteiger partial charge in [-0.15, -0.1) is 13.2 Å². The van der Waals surface area contributed by atoms with Gasteiger partial charge in [-0.2, -0.15) is 13.2 Å². The van der Waals surface area contributed by atoms with Crippen LogP contribution in [-0.2, 0) is 12.7 Å². The van der Waals surface area contributed by atoms with E-state index in [2.05, 4.69) is 10.1 Å². The molecule has 2 aromatic carbocycles. The second kappa shape index (κ2) is 7.72. The molecule has 0 heterocycles. The Hall–Kier alpha value is -2.98. The first kappa shape index (κ1) is 20.3. The molecule has 2 rings (SSSR count). The third kappa shape index (κ3) is 6.04. The van der Waals surface area contributed by atoms with Crippen molar-refractivity contribution < 1.29 is 40.3 Å². The van der Waals surface area contributed by atoms with Crippen molar-refractivity contribution in [1.29, 1.82) is 0 Å². The van der Waals surface area contributed by atoms with Crippen molar-refractivity contribution in [3.05, 3.63) is 59.4 Å². The Labute approximate surface area is 147 Å². The summed E-state index contributed by atoms with van der Waals surface area (Å²) < 4.78 is 92.2. The third-order valence-electron chi connectivity index (χ3n) is 3.17. The molecule has 0 atom stereocenters. The van der Waals surface area contributed by atoms with E-state index in [0.29, 0.717) is 18.2 Å². The van der Waals surface area contributed by atoms with Crippen molar-refractivity contribution in [2.45, 2.75) is 19.1 Å². The number of nitrogens with one attached hydrogen (secondary N) is 2. The number of hydrogen-bond acceptors (Lipinski definition) is 2. The summed E-state index contributed by atoms with van der Waals surface area (Å²) in [5.74, 6) is -1.67. The Kier molecular flexibility index (Phi) is 5.82. The topological polar surface area (TPSA) is 50.4 Å². The monoisotopic (exact) mass is 396 g/mol. The zero-order chi connectivity index (χ0) is 20.2. The van der Waals surface area contributed by atoms with Crippen LogP contribution in [0.1, 0.15) is 11.1 Å². The van der Waals surface area contributed by atoms with E-state index in [-0.39, 0.29) is 5.69 Å². The van der Waals surface area contributed by atoms with Crippen LogP contribution in [0.5, 0.6) is 5.75 Å². The second-order valence-corrected chi connectivity index (χ2v) is 5.16. The van der Waals surface area contributed by atoms with Gasteiger partial charge in [0.15, 0.2) is 5.75 Å². The predicted molar refractivity (Wildman–Crippen MR) is 80.4 cm³/mol. The molecule has 4 nitrogen and oxygen atoms in total. The molecular weight excluding hydrogens is 385 g/mol. The van der Waals surface area contributed by atoms with Crippen LogP contribution < -0.4 is 15.4 Å². The van der Waals surface area contributed by atoms with Gasteiger partial charge in [0, 0.05) is 12.1 Å². The van der Waals surface area contributed by atoms with Crippen LogP contribution in [0.15, 0.2) is 42.5 Å². The maximum absolute atomic E-state index is 13.6. The molecule has 0 unspecified atom stereocenters. The summed E-state index contributed by atoms with van der Waals surface area (Å²) >= 11 is 0.